The molecule has 0 aliphatic carbocycles. The van der Waals surface area contributed by atoms with Crippen LogP contribution in [0.3, 0.4) is 0 Å². The maximum absolute atomic E-state index is 11.9. The van der Waals surface area contributed by atoms with E-state index in [1.807, 2.05) is 40.8 Å². The fraction of sp³-hybridized carbons (Fsp3) is 0.176. The second-order valence-corrected chi connectivity index (χ2v) is 6.06. The fourth-order valence-electron chi connectivity index (χ4n) is 2.01. The predicted octanol–water partition coefficient (Wildman–Crippen LogP) is 2.58. The van der Waals surface area contributed by atoms with Crippen LogP contribution in [0.25, 0.3) is 0 Å². The first-order valence-corrected chi connectivity index (χ1v) is 8.38. The van der Waals surface area contributed by atoms with E-state index >= 15 is 0 Å². The van der Waals surface area contributed by atoms with Gasteiger partial charge in [-0.05, 0) is 52.4 Å². The second kappa shape index (κ2) is 9.11. The summed E-state index contributed by atoms with van der Waals surface area (Å²) in [5.74, 6) is 0.773. The van der Waals surface area contributed by atoms with Crippen molar-refractivity contribution in [2.75, 3.05) is 26.1 Å². The van der Waals surface area contributed by atoms with Crippen molar-refractivity contribution in [2.45, 2.75) is 0 Å². The van der Waals surface area contributed by atoms with E-state index in [0.29, 0.717) is 20.6 Å². The molecule has 132 valence electrons. The van der Waals surface area contributed by atoms with Crippen molar-refractivity contribution in [3.05, 3.63) is 45.5 Å². The minimum atomic E-state index is -0.303. The zero-order valence-electron chi connectivity index (χ0n) is 13.7. The predicted molar refractivity (Wildman–Crippen MR) is 105 cm³/mol. The van der Waals surface area contributed by atoms with Crippen LogP contribution in [-0.2, 0) is 4.79 Å². The number of hydrogen-bond acceptors (Lipinski definition) is 6. The third-order valence-corrected chi connectivity index (χ3v) is 4.04. The number of benzene rings is 2. The number of halogens is 1. The maximum atomic E-state index is 11.9. The van der Waals surface area contributed by atoms with E-state index in [-0.39, 0.29) is 18.2 Å². The Kier molecular flexibility index (Phi) is 6.87. The summed E-state index contributed by atoms with van der Waals surface area (Å²) < 4.78 is 10.9. The van der Waals surface area contributed by atoms with Crippen molar-refractivity contribution in [3.63, 3.8) is 0 Å². The van der Waals surface area contributed by atoms with Gasteiger partial charge in [0.05, 0.1) is 36.2 Å². The minimum absolute atomic E-state index is 0.0497. The molecule has 25 heavy (non-hydrogen) atoms. The second-order valence-electron chi connectivity index (χ2n) is 4.90. The molecule has 0 unspecified atom stereocenters. The van der Waals surface area contributed by atoms with E-state index in [0.717, 1.165) is 5.69 Å². The molecule has 2 aromatic rings. The van der Waals surface area contributed by atoms with E-state index in [1.54, 1.807) is 25.3 Å². The lowest BCUT2D eigenvalue weighted by Crippen LogP contribution is -2.26. The highest BCUT2D eigenvalue weighted by Crippen LogP contribution is 2.31. The molecule has 0 heterocycles. The molecule has 0 atom stereocenters. The number of para-hydroxylation sites is 2. The van der Waals surface area contributed by atoms with E-state index in [2.05, 4.69) is 15.8 Å². The largest absolute Gasteiger partial charge is 0.504 e. The van der Waals surface area contributed by atoms with Gasteiger partial charge in [-0.2, -0.15) is 5.10 Å². The Morgan fingerprint density at radius 1 is 1.24 bits per heavy atom. The first-order valence-electron chi connectivity index (χ1n) is 7.30. The lowest BCUT2D eigenvalue weighted by molar-refractivity contribution is -0.119. The van der Waals surface area contributed by atoms with Crippen molar-refractivity contribution >= 4 is 40.4 Å². The van der Waals surface area contributed by atoms with E-state index in [1.165, 1.54) is 13.3 Å². The molecule has 1 amide bonds. The van der Waals surface area contributed by atoms with E-state index < -0.39 is 0 Å². The first kappa shape index (κ1) is 18.8. The molecular weight excluding hydrogens is 437 g/mol. The highest BCUT2D eigenvalue weighted by atomic mass is 127. The van der Waals surface area contributed by atoms with Crippen molar-refractivity contribution < 1.29 is 19.4 Å². The molecule has 0 radical (unpaired) electrons. The average molecular weight is 455 g/mol. The Labute approximate surface area is 159 Å². The number of phenolic OH excluding ortho intramolecular Hbond substituents is 1. The van der Waals surface area contributed by atoms with Gasteiger partial charge in [0, 0.05) is 0 Å². The first-order chi connectivity index (χ1) is 12.0. The molecule has 0 aromatic heterocycles. The molecule has 0 bridgehead atoms. The number of hydrogen-bond donors (Lipinski definition) is 3. The van der Waals surface area contributed by atoms with Crippen LogP contribution in [0.5, 0.6) is 17.2 Å². The number of nitrogens with zero attached hydrogens (tertiary/aromatic N) is 1. The topological polar surface area (TPSA) is 92.2 Å². The molecule has 2 aromatic carbocycles. The Morgan fingerprint density at radius 3 is 2.68 bits per heavy atom. The molecule has 3 N–H and O–H groups in total. The zero-order chi connectivity index (χ0) is 18.2. The number of phenols is 1. The normalized spacial score (nSPS) is 10.5. The number of amides is 1. The lowest BCUT2D eigenvalue weighted by atomic mass is 10.2. The Hall–Kier alpha value is -2.49. The Balaban J connectivity index is 1.91. The van der Waals surface area contributed by atoms with Crippen molar-refractivity contribution in [3.8, 4) is 17.2 Å². The SMILES string of the molecule is COc1ccccc1NCC(=O)N/N=C\c1cc(I)c(O)c(OC)c1. The number of carbonyl (C=O) groups is 1. The van der Waals surface area contributed by atoms with Gasteiger partial charge in [0.1, 0.15) is 5.75 Å². The lowest BCUT2D eigenvalue weighted by Gasteiger charge is -2.09. The summed E-state index contributed by atoms with van der Waals surface area (Å²) in [4.78, 5) is 11.9. The fourth-order valence-corrected chi connectivity index (χ4v) is 2.63. The summed E-state index contributed by atoms with van der Waals surface area (Å²) in [5.41, 5.74) is 3.85. The van der Waals surface area contributed by atoms with Crippen LogP contribution in [0, 0.1) is 3.57 Å². The molecule has 7 nitrogen and oxygen atoms in total. The molecule has 0 fully saturated rings. The van der Waals surface area contributed by atoms with Crippen molar-refractivity contribution in [1.29, 1.82) is 0 Å². The summed E-state index contributed by atoms with van der Waals surface area (Å²) in [5, 5.41) is 16.7. The van der Waals surface area contributed by atoms with Gasteiger partial charge in [0.15, 0.2) is 11.5 Å². The summed E-state index contributed by atoms with van der Waals surface area (Å²) in [7, 11) is 3.04. The van der Waals surface area contributed by atoms with Crippen molar-refractivity contribution in [2.24, 2.45) is 5.10 Å². The summed E-state index contributed by atoms with van der Waals surface area (Å²) >= 11 is 1.99. The number of nitrogens with one attached hydrogen (secondary N) is 2. The van der Waals surface area contributed by atoms with E-state index in [4.69, 9.17) is 9.47 Å². The highest BCUT2D eigenvalue weighted by molar-refractivity contribution is 14.1. The minimum Gasteiger partial charge on any atom is -0.504 e. The third-order valence-electron chi connectivity index (χ3n) is 3.22. The maximum Gasteiger partial charge on any atom is 0.259 e. The standard InChI is InChI=1S/C17H18IN3O4/c1-24-14-6-4-3-5-13(14)19-10-16(22)21-20-9-11-7-12(18)17(23)15(8-11)25-2/h3-9,19,23H,10H2,1-2H3,(H,21,22)/b20-9-. The molecule has 0 saturated carbocycles. The van der Waals surface area contributed by atoms with Gasteiger partial charge in [-0.25, -0.2) is 5.43 Å². The van der Waals surface area contributed by atoms with Crippen LogP contribution in [0.1, 0.15) is 5.56 Å². The summed E-state index contributed by atoms with van der Waals surface area (Å²) in [6, 6.07) is 10.7. The number of anilines is 1. The van der Waals surface area contributed by atoms with Crippen LogP contribution in [0.4, 0.5) is 5.69 Å². The molecule has 0 aliphatic rings. The van der Waals surface area contributed by atoms with Gasteiger partial charge in [0.25, 0.3) is 5.91 Å². The monoisotopic (exact) mass is 455 g/mol. The van der Waals surface area contributed by atoms with Gasteiger partial charge < -0.3 is 19.9 Å². The van der Waals surface area contributed by atoms with Gasteiger partial charge in [-0.1, -0.05) is 12.1 Å². The molecule has 0 spiro atoms. The number of carbonyl (C=O) groups excluding carboxylic acids is 1. The number of ether oxygens (including phenoxy) is 2. The number of methoxy groups -OCH3 is 2. The Morgan fingerprint density at radius 2 is 1.96 bits per heavy atom. The van der Waals surface area contributed by atoms with Gasteiger partial charge >= 0.3 is 0 Å². The molecular formula is C17H18IN3O4. The van der Waals surface area contributed by atoms with Crippen LogP contribution in [-0.4, -0.2) is 38.0 Å². The van der Waals surface area contributed by atoms with E-state index in [9.17, 15) is 9.90 Å². The van der Waals surface area contributed by atoms with Crippen LogP contribution >= 0.6 is 22.6 Å². The molecule has 2 rings (SSSR count). The van der Waals surface area contributed by atoms with Gasteiger partial charge in [-0.15, -0.1) is 0 Å². The zero-order valence-corrected chi connectivity index (χ0v) is 15.9. The van der Waals surface area contributed by atoms with Gasteiger partial charge in [-0.3, -0.25) is 4.79 Å². The van der Waals surface area contributed by atoms with Crippen LogP contribution in [0.2, 0.25) is 0 Å². The molecule has 8 heteroatoms. The van der Waals surface area contributed by atoms with Crippen molar-refractivity contribution in [1.82, 2.24) is 5.43 Å². The Bertz CT molecular complexity index is 780. The van der Waals surface area contributed by atoms with Gasteiger partial charge in [0.2, 0.25) is 0 Å². The quantitative estimate of drug-likeness (QED) is 0.339. The van der Waals surface area contributed by atoms with Crippen LogP contribution < -0.4 is 20.2 Å². The number of aromatic hydroxyl groups is 1. The smallest absolute Gasteiger partial charge is 0.259 e. The number of hydrazone groups is 1. The van der Waals surface area contributed by atoms with Crippen LogP contribution in [0.15, 0.2) is 41.5 Å². The molecule has 0 saturated heterocycles. The third kappa shape index (κ3) is 5.24. The average Bonchev–Trinajstić information content (AvgIpc) is 2.62. The summed E-state index contributed by atoms with van der Waals surface area (Å²) in [6.45, 7) is 0.0497. The molecule has 0 aliphatic heterocycles. The number of rotatable bonds is 7. The summed E-state index contributed by atoms with van der Waals surface area (Å²) in [6.07, 6.45) is 1.48. The highest BCUT2D eigenvalue weighted by Gasteiger charge is 2.08.